The molecule has 0 spiro atoms. The van der Waals surface area contributed by atoms with Crippen molar-refractivity contribution in [3.63, 3.8) is 0 Å². The molecule has 100 valence electrons. The molecule has 0 aliphatic carbocycles. The van der Waals surface area contributed by atoms with Crippen molar-refractivity contribution in [1.29, 1.82) is 0 Å². The Balaban J connectivity index is 1.87. The van der Waals surface area contributed by atoms with Crippen molar-refractivity contribution in [1.82, 2.24) is 15.5 Å². The van der Waals surface area contributed by atoms with E-state index in [4.69, 9.17) is 16.1 Å². The summed E-state index contributed by atoms with van der Waals surface area (Å²) in [7, 11) is 0. The van der Waals surface area contributed by atoms with E-state index in [-0.39, 0.29) is 16.8 Å². The van der Waals surface area contributed by atoms with Crippen LogP contribution < -0.4 is 5.32 Å². The zero-order valence-corrected chi connectivity index (χ0v) is 11.0. The highest BCUT2D eigenvalue weighted by Gasteiger charge is 2.21. The van der Waals surface area contributed by atoms with E-state index >= 15 is 0 Å². The first-order valence-corrected chi connectivity index (χ1v) is 6.61. The molecule has 1 aromatic carbocycles. The van der Waals surface area contributed by atoms with Crippen LogP contribution in [0.15, 0.2) is 22.7 Å². The number of hydrogen-bond donors (Lipinski definition) is 1. The molecule has 1 aromatic heterocycles. The van der Waals surface area contributed by atoms with E-state index in [1.807, 2.05) is 0 Å². The first-order valence-electron chi connectivity index (χ1n) is 6.24. The second kappa shape index (κ2) is 5.27. The molecule has 1 saturated heterocycles. The number of nitrogens with zero attached hydrogens (tertiary/aromatic N) is 2. The highest BCUT2D eigenvalue weighted by Crippen LogP contribution is 2.29. The van der Waals surface area contributed by atoms with Crippen molar-refractivity contribution in [3.05, 3.63) is 34.9 Å². The van der Waals surface area contributed by atoms with Crippen LogP contribution in [0.4, 0.5) is 4.39 Å². The van der Waals surface area contributed by atoms with E-state index < -0.39 is 0 Å². The van der Waals surface area contributed by atoms with E-state index in [1.165, 1.54) is 12.1 Å². The van der Waals surface area contributed by atoms with Gasteiger partial charge in [-0.25, -0.2) is 4.39 Å². The number of aromatic nitrogens is 2. The fourth-order valence-electron chi connectivity index (χ4n) is 2.25. The number of piperidine rings is 1. The SMILES string of the molecule is Fc1ccc(-c2nc(C3CCCNC3)no2)c(Cl)c1. The quantitative estimate of drug-likeness (QED) is 0.919. The van der Waals surface area contributed by atoms with Crippen molar-refractivity contribution in [2.45, 2.75) is 18.8 Å². The summed E-state index contributed by atoms with van der Waals surface area (Å²) in [5, 5.41) is 7.58. The minimum absolute atomic E-state index is 0.269. The molecule has 0 amide bonds. The number of halogens is 2. The Kier molecular flexibility index (Phi) is 3.48. The average molecular weight is 282 g/mol. The smallest absolute Gasteiger partial charge is 0.259 e. The summed E-state index contributed by atoms with van der Waals surface area (Å²) < 4.78 is 18.2. The summed E-state index contributed by atoms with van der Waals surface area (Å²) in [4.78, 5) is 4.37. The van der Waals surface area contributed by atoms with Crippen LogP contribution in [0, 0.1) is 5.82 Å². The van der Waals surface area contributed by atoms with Crippen molar-refractivity contribution < 1.29 is 8.91 Å². The molecule has 1 fully saturated rings. The molecule has 0 bridgehead atoms. The summed E-state index contributed by atoms with van der Waals surface area (Å²) in [6.45, 7) is 1.89. The molecule has 6 heteroatoms. The number of nitrogens with one attached hydrogen (secondary N) is 1. The fourth-order valence-corrected chi connectivity index (χ4v) is 2.49. The summed E-state index contributed by atoms with van der Waals surface area (Å²) in [6, 6.07) is 4.12. The summed E-state index contributed by atoms with van der Waals surface area (Å²) >= 11 is 5.98. The predicted molar refractivity (Wildman–Crippen MR) is 69.5 cm³/mol. The third kappa shape index (κ3) is 2.62. The Morgan fingerprint density at radius 3 is 3.05 bits per heavy atom. The second-order valence-corrected chi connectivity index (χ2v) is 5.03. The molecule has 2 aromatic rings. The average Bonchev–Trinajstić information content (AvgIpc) is 2.89. The molecule has 0 saturated carbocycles. The molecule has 4 nitrogen and oxygen atoms in total. The Morgan fingerprint density at radius 1 is 1.42 bits per heavy atom. The lowest BCUT2D eigenvalue weighted by Crippen LogP contribution is -2.28. The van der Waals surface area contributed by atoms with Crippen LogP contribution in [0.2, 0.25) is 5.02 Å². The lowest BCUT2D eigenvalue weighted by Gasteiger charge is -2.19. The molecule has 1 atom stereocenters. The Bertz CT molecular complexity index is 581. The van der Waals surface area contributed by atoms with Gasteiger partial charge in [0.1, 0.15) is 5.82 Å². The molecule has 1 unspecified atom stereocenters. The van der Waals surface area contributed by atoms with Gasteiger partial charge in [-0.2, -0.15) is 4.98 Å². The van der Waals surface area contributed by atoms with E-state index in [1.54, 1.807) is 6.07 Å². The fraction of sp³-hybridized carbons (Fsp3) is 0.385. The Morgan fingerprint density at radius 2 is 2.32 bits per heavy atom. The largest absolute Gasteiger partial charge is 0.334 e. The molecular formula is C13H13ClFN3O. The maximum Gasteiger partial charge on any atom is 0.259 e. The van der Waals surface area contributed by atoms with Crippen molar-refractivity contribution >= 4 is 11.6 Å². The van der Waals surface area contributed by atoms with Gasteiger partial charge < -0.3 is 9.84 Å². The van der Waals surface area contributed by atoms with Crippen LogP contribution in [0.3, 0.4) is 0 Å². The summed E-state index contributed by atoms with van der Waals surface area (Å²) in [6.07, 6.45) is 2.15. The maximum absolute atomic E-state index is 13.0. The normalized spacial score (nSPS) is 19.6. The van der Waals surface area contributed by atoms with E-state index in [0.717, 1.165) is 25.9 Å². The first kappa shape index (κ1) is 12.6. The van der Waals surface area contributed by atoms with Gasteiger partial charge in [-0.3, -0.25) is 0 Å². The van der Waals surface area contributed by atoms with Crippen LogP contribution in [0.25, 0.3) is 11.5 Å². The van der Waals surface area contributed by atoms with Gasteiger partial charge >= 0.3 is 0 Å². The third-order valence-corrected chi connectivity index (χ3v) is 3.58. The minimum Gasteiger partial charge on any atom is -0.334 e. The number of hydrogen-bond acceptors (Lipinski definition) is 4. The van der Waals surface area contributed by atoms with Crippen molar-refractivity contribution in [2.75, 3.05) is 13.1 Å². The Hall–Kier alpha value is -1.46. The topological polar surface area (TPSA) is 51.0 Å². The van der Waals surface area contributed by atoms with Crippen molar-refractivity contribution in [2.24, 2.45) is 0 Å². The lowest BCUT2D eigenvalue weighted by molar-refractivity contribution is 0.393. The molecule has 2 heterocycles. The lowest BCUT2D eigenvalue weighted by atomic mass is 9.99. The maximum atomic E-state index is 13.0. The zero-order valence-electron chi connectivity index (χ0n) is 10.2. The molecule has 1 aliphatic rings. The monoisotopic (exact) mass is 281 g/mol. The van der Waals surface area contributed by atoms with Gasteiger partial charge in [-0.05, 0) is 37.6 Å². The van der Waals surface area contributed by atoms with Crippen LogP contribution in [-0.4, -0.2) is 23.2 Å². The summed E-state index contributed by atoms with van der Waals surface area (Å²) in [5.74, 6) is 0.906. The molecule has 1 N–H and O–H groups in total. The zero-order chi connectivity index (χ0) is 13.2. The highest BCUT2D eigenvalue weighted by atomic mass is 35.5. The molecule has 1 aliphatic heterocycles. The minimum atomic E-state index is -0.384. The van der Waals surface area contributed by atoms with Gasteiger partial charge in [0.2, 0.25) is 0 Å². The number of benzene rings is 1. The van der Waals surface area contributed by atoms with Crippen molar-refractivity contribution in [3.8, 4) is 11.5 Å². The number of rotatable bonds is 2. The highest BCUT2D eigenvalue weighted by molar-refractivity contribution is 6.33. The predicted octanol–water partition coefficient (Wildman–Crippen LogP) is 3.00. The van der Waals surface area contributed by atoms with Gasteiger partial charge in [0.05, 0.1) is 10.6 Å². The van der Waals surface area contributed by atoms with Crippen LogP contribution in [0.1, 0.15) is 24.6 Å². The van der Waals surface area contributed by atoms with Gasteiger partial charge in [-0.1, -0.05) is 16.8 Å². The summed E-state index contributed by atoms with van der Waals surface area (Å²) in [5.41, 5.74) is 0.561. The molecule has 0 radical (unpaired) electrons. The van der Waals surface area contributed by atoms with E-state index in [2.05, 4.69) is 15.5 Å². The standard InChI is InChI=1S/C13H13ClFN3O/c14-11-6-9(15)3-4-10(11)13-17-12(18-19-13)8-2-1-5-16-7-8/h3-4,6,8,16H,1-2,5,7H2. The van der Waals surface area contributed by atoms with Gasteiger partial charge in [-0.15, -0.1) is 0 Å². The van der Waals surface area contributed by atoms with E-state index in [0.29, 0.717) is 17.3 Å². The molecular weight excluding hydrogens is 269 g/mol. The van der Waals surface area contributed by atoms with Gasteiger partial charge in [0, 0.05) is 12.5 Å². The van der Waals surface area contributed by atoms with Crippen LogP contribution >= 0.6 is 11.6 Å². The molecule has 19 heavy (non-hydrogen) atoms. The van der Waals surface area contributed by atoms with E-state index in [9.17, 15) is 4.39 Å². The second-order valence-electron chi connectivity index (χ2n) is 4.63. The Labute approximate surface area is 115 Å². The first-order chi connectivity index (χ1) is 9.24. The van der Waals surface area contributed by atoms with Gasteiger partial charge in [0.25, 0.3) is 5.89 Å². The van der Waals surface area contributed by atoms with Gasteiger partial charge in [0.15, 0.2) is 5.82 Å². The van der Waals surface area contributed by atoms with Crippen LogP contribution in [-0.2, 0) is 0 Å². The third-order valence-electron chi connectivity index (χ3n) is 3.27. The van der Waals surface area contributed by atoms with Crippen LogP contribution in [0.5, 0.6) is 0 Å². The molecule has 3 rings (SSSR count).